The van der Waals surface area contributed by atoms with Crippen molar-refractivity contribution in [2.24, 2.45) is 0 Å². The largest absolute Gasteiger partial charge is 0.496 e. The quantitative estimate of drug-likeness (QED) is 0.864. The van der Waals surface area contributed by atoms with Crippen LogP contribution in [0.4, 0.5) is 0 Å². The maximum Gasteiger partial charge on any atom is 0.122 e. The maximum absolute atomic E-state index is 5.54. The van der Waals surface area contributed by atoms with Gasteiger partial charge in [-0.3, -0.25) is 0 Å². The van der Waals surface area contributed by atoms with Crippen LogP contribution in [0.25, 0.3) is 0 Å². The number of furan rings is 1. The van der Waals surface area contributed by atoms with Gasteiger partial charge in [0, 0.05) is 6.04 Å². The Hall–Kier alpha value is -1.74. The lowest BCUT2D eigenvalue weighted by Gasteiger charge is -2.15. The first-order chi connectivity index (χ1) is 9.19. The van der Waals surface area contributed by atoms with E-state index in [4.69, 9.17) is 9.15 Å². The Balaban J connectivity index is 1.88. The normalized spacial score (nSPS) is 12.4. The molecule has 1 aromatic carbocycles. The minimum atomic E-state index is 0.363. The molecule has 2 rings (SSSR count). The highest BCUT2D eigenvalue weighted by atomic mass is 16.5. The number of ether oxygens (including phenoxy) is 1. The molecule has 2 aromatic rings. The number of rotatable bonds is 6. The van der Waals surface area contributed by atoms with Crippen molar-refractivity contribution in [3.05, 3.63) is 53.5 Å². The summed E-state index contributed by atoms with van der Waals surface area (Å²) < 4.78 is 10.9. The molecule has 0 saturated heterocycles. The Morgan fingerprint density at radius 3 is 2.68 bits per heavy atom. The van der Waals surface area contributed by atoms with Gasteiger partial charge < -0.3 is 14.5 Å². The predicted octanol–water partition coefficient (Wildman–Crippen LogP) is 3.32. The molecule has 3 nitrogen and oxygen atoms in total. The summed E-state index contributed by atoms with van der Waals surface area (Å²) >= 11 is 0. The lowest BCUT2D eigenvalue weighted by atomic mass is 10.1. The molecule has 102 valence electrons. The van der Waals surface area contributed by atoms with Crippen LogP contribution in [-0.4, -0.2) is 13.2 Å². The molecule has 0 saturated carbocycles. The summed E-state index contributed by atoms with van der Waals surface area (Å²) in [7, 11) is 1.71. The Morgan fingerprint density at radius 1 is 1.21 bits per heavy atom. The molecule has 19 heavy (non-hydrogen) atoms. The topological polar surface area (TPSA) is 34.4 Å². The minimum Gasteiger partial charge on any atom is -0.496 e. The number of hydrogen-bond donors (Lipinski definition) is 1. The monoisotopic (exact) mass is 259 g/mol. The minimum absolute atomic E-state index is 0.363. The van der Waals surface area contributed by atoms with Crippen LogP contribution in [0.15, 0.2) is 40.8 Å². The van der Waals surface area contributed by atoms with Crippen molar-refractivity contribution >= 4 is 0 Å². The van der Waals surface area contributed by atoms with Gasteiger partial charge in [0.1, 0.15) is 17.3 Å². The first-order valence-electron chi connectivity index (χ1n) is 6.59. The van der Waals surface area contributed by atoms with E-state index in [1.54, 1.807) is 7.11 Å². The Labute approximate surface area is 114 Å². The summed E-state index contributed by atoms with van der Waals surface area (Å²) in [6, 6.07) is 12.5. The van der Waals surface area contributed by atoms with Crippen LogP contribution in [-0.2, 0) is 13.0 Å². The molecule has 0 bridgehead atoms. The highest BCUT2D eigenvalue weighted by Crippen LogP contribution is 2.19. The van der Waals surface area contributed by atoms with E-state index < -0.39 is 0 Å². The van der Waals surface area contributed by atoms with Gasteiger partial charge in [-0.2, -0.15) is 0 Å². The fourth-order valence-corrected chi connectivity index (χ4v) is 2.13. The van der Waals surface area contributed by atoms with Gasteiger partial charge in [-0.1, -0.05) is 18.2 Å². The van der Waals surface area contributed by atoms with Crippen molar-refractivity contribution in [3.63, 3.8) is 0 Å². The van der Waals surface area contributed by atoms with E-state index in [0.29, 0.717) is 6.04 Å². The van der Waals surface area contributed by atoms with Crippen molar-refractivity contribution in [1.82, 2.24) is 5.32 Å². The maximum atomic E-state index is 5.54. The van der Waals surface area contributed by atoms with E-state index >= 15 is 0 Å². The van der Waals surface area contributed by atoms with Gasteiger partial charge in [-0.05, 0) is 44.0 Å². The van der Waals surface area contributed by atoms with Crippen molar-refractivity contribution in [2.75, 3.05) is 7.11 Å². The predicted molar refractivity (Wildman–Crippen MR) is 76.4 cm³/mol. The summed E-state index contributed by atoms with van der Waals surface area (Å²) in [6.07, 6.45) is 0.934. The lowest BCUT2D eigenvalue weighted by Crippen LogP contribution is -2.27. The average Bonchev–Trinajstić information content (AvgIpc) is 2.83. The standard InChI is InChI=1S/C16H21NO2/c1-12(17-11-15-9-8-13(2)19-15)10-14-6-4-5-7-16(14)18-3/h4-9,12,17H,10-11H2,1-3H3. The zero-order chi connectivity index (χ0) is 13.7. The molecule has 1 aromatic heterocycles. The molecule has 0 spiro atoms. The summed E-state index contributed by atoms with van der Waals surface area (Å²) in [5.41, 5.74) is 1.22. The Bertz CT molecular complexity index is 519. The third kappa shape index (κ3) is 3.86. The molecule has 0 fully saturated rings. The van der Waals surface area contributed by atoms with Crippen LogP contribution >= 0.6 is 0 Å². The smallest absolute Gasteiger partial charge is 0.122 e. The van der Waals surface area contributed by atoms with Gasteiger partial charge in [0.15, 0.2) is 0 Å². The van der Waals surface area contributed by atoms with Crippen LogP contribution < -0.4 is 10.1 Å². The lowest BCUT2D eigenvalue weighted by molar-refractivity contribution is 0.403. The van der Waals surface area contributed by atoms with Gasteiger partial charge in [-0.15, -0.1) is 0 Å². The first kappa shape index (κ1) is 13.7. The van der Waals surface area contributed by atoms with Crippen LogP contribution in [0.5, 0.6) is 5.75 Å². The van der Waals surface area contributed by atoms with Crippen LogP contribution in [0.1, 0.15) is 24.0 Å². The fraction of sp³-hybridized carbons (Fsp3) is 0.375. The van der Waals surface area contributed by atoms with E-state index in [9.17, 15) is 0 Å². The second kappa shape index (κ2) is 6.43. The van der Waals surface area contributed by atoms with Crippen LogP contribution in [0.2, 0.25) is 0 Å². The number of hydrogen-bond acceptors (Lipinski definition) is 3. The van der Waals surface area contributed by atoms with Crippen molar-refractivity contribution in [3.8, 4) is 5.75 Å². The molecule has 0 aliphatic carbocycles. The van der Waals surface area contributed by atoms with E-state index in [1.807, 2.05) is 37.3 Å². The second-order valence-corrected chi connectivity index (χ2v) is 4.81. The highest BCUT2D eigenvalue weighted by molar-refractivity contribution is 5.33. The van der Waals surface area contributed by atoms with Gasteiger partial charge in [0.2, 0.25) is 0 Å². The van der Waals surface area contributed by atoms with Crippen LogP contribution in [0.3, 0.4) is 0 Å². The zero-order valence-corrected chi connectivity index (χ0v) is 11.8. The molecule has 1 atom stereocenters. The molecular formula is C16H21NO2. The first-order valence-corrected chi connectivity index (χ1v) is 6.59. The van der Waals surface area contributed by atoms with E-state index in [1.165, 1.54) is 5.56 Å². The molecule has 0 amide bonds. The molecule has 3 heteroatoms. The van der Waals surface area contributed by atoms with Gasteiger partial charge in [0.25, 0.3) is 0 Å². The second-order valence-electron chi connectivity index (χ2n) is 4.81. The van der Waals surface area contributed by atoms with E-state index in [0.717, 1.165) is 30.2 Å². The number of benzene rings is 1. The Kier molecular flexibility index (Phi) is 4.63. The summed E-state index contributed by atoms with van der Waals surface area (Å²) in [5, 5.41) is 3.46. The average molecular weight is 259 g/mol. The van der Waals surface area contributed by atoms with Crippen molar-refractivity contribution in [2.45, 2.75) is 32.9 Å². The van der Waals surface area contributed by atoms with Gasteiger partial charge in [-0.25, -0.2) is 0 Å². The number of methoxy groups -OCH3 is 1. The molecule has 0 aliphatic heterocycles. The van der Waals surface area contributed by atoms with E-state index in [2.05, 4.69) is 18.3 Å². The molecule has 1 unspecified atom stereocenters. The number of aryl methyl sites for hydroxylation is 1. The third-order valence-electron chi connectivity index (χ3n) is 3.14. The number of nitrogens with one attached hydrogen (secondary N) is 1. The van der Waals surface area contributed by atoms with Crippen molar-refractivity contribution in [1.29, 1.82) is 0 Å². The van der Waals surface area contributed by atoms with Gasteiger partial charge in [0.05, 0.1) is 13.7 Å². The van der Waals surface area contributed by atoms with Crippen molar-refractivity contribution < 1.29 is 9.15 Å². The molecule has 1 N–H and O–H groups in total. The summed E-state index contributed by atoms with van der Waals surface area (Å²) in [5.74, 6) is 2.88. The summed E-state index contributed by atoms with van der Waals surface area (Å²) in [4.78, 5) is 0. The zero-order valence-electron chi connectivity index (χ0n) is 11.8. The summed E-state index contributed by atoms with van der Waals surface area (Å²) in [6.45, 7) is 4.88. The Morgan fingerprint density at radius 2 is 2.00 bits per heavy atom. The fourth-order valence-electron chi connectivity index (χ4n) is 2.13. The number of para-hydroxylation sites is 1. The third-order valence-corrected chi connectivity index (χ3v) is 3.14. The molecule has 0 aliphatic rings. The van der Waals surface area contributed by atoms with Gasteiger partial charge >= 0.3 is 0 Å². The highest BCUT2D eigenvalue weighted by Gasteiger charge is 2.08. The molecular weight excluding hydrogens is 238 g/mol. The SMILES string of the molecule is COc1ccccc1CC(C)NCc1ccc(C)o1. The molecule has 0 radical (unpaired) electrons. The van der Waals surface area contributed by atoms with E-state index in [-0.39, 0.29) is 0 Å². The van der Waals surface area contributed by atoms with Crippen LogP contribution in [0, 0.1) is 6.92 Å². The molecule has 1 heterocycles.